The van der Waals surface area contributed by atoms with E-state index < -0.39 is 10.8 Å². The van der Waals surface area contributed by atoms with Crippen LogP contribution in [0.15, 0.2) is 35.5 Å². The normalized spacial score (nSPS) is 16.6. The molecule has 1 fully saturated rings. The molecule has 1 N–H and O–H groups in total. The van der Waals surface area contributed by atoms with Gasteiger partial charge in [-0.1, -0.05) is 43.4 Å². The largest absolute Gasteiger partial charge is 0.309 e. The van der Waals surface area contributed by atoms with Gasteiger partial charge in [0.1, 0.15) is 0 Å². The summed E-state index contributed by atoms with van der Waals surface area (Å²) in [6.07, 6.45) is 10.4. The van der Waals surface area contributed by atoms with Crippen molar-refractivity contribution >= 4 is 34.1 Å². The molecular weight excluding hydrogens is 420 g/mol. The van der Waals surface area contributed by atoms with Crippen LogP contribution in [0, 0.1) is 5.92 Å². The number of anilines is 1. The fourth-order valence-electron chi connectivity index (χ4n) is 3.98. The second-order valence-electron chi connectivity index (χ2n) is 8.20. The van der Waals surface area contributed by atoms with Crippen molar-refractivity contribution < 1.29 is 9.00 Å². The Balaban J connectivity index is 1.80. The molecule has 0 bridgehead atoms. The van der Waals surface area contributed by atoms with Crippen molar-refractivity contribution in [1.29, 1.82) is 0 Å². The number of rotatable bonds is 8. The average molecular weight is 449 g/mol. The molecule has 2 aromatic rings. The number of nitrogens with zero attached hydrogens (tertiary/aromatic N) is 3. The number of nitrogens with one attached hydrogen (secondary N) is 1. The van der Waals surface area contributed by atoms with E-state index in [9.17, 15) is 9.00 Å². The molecule has 1 aliphatic carbocycles. The topological polar surface area (TPSA) is 75.2 Å². The lowest BCUT2D eigenvalue weighted by Crippen LogP contribution is -2.24. The number of carbonyl (C=O) groups is 1. The molecule has 8 heteroatoms. The van der Waals surface area contributed by atoms with Gasteiger partial charge in [0.2, 0.25) is 5.91 Å². The summed E-state index contributed by atoms with van der Waals surface area (Å²) < 4.78 is 11.8. The third kappa shape index (κ3) is 6.09. The maximum Gasteiger partial charge on any atom is 0.233 e. The number of hydrogen-bond donors (Lipinski definition) is 1. The molecule has 0 saturated heterocycles. The second-order valence-corrected chi connectivity index (χ2v) is 9.96. The summed E-state index contributed by atoms with van der Waals surface area (Å²) in [6.45, 7) is 0.690. The summed E-state index contributed by atoms with van der Waals surface area (Å²) in [5.74, 6) is 0.510. The Morgan fingerprint density at radius 3 is 2.57 bits per heavy atom. The van der Waals surface area contributed by atoms with Gasteiger partial charge in [0.25, 0.3) is 0 Å². The molecule has 0 aliphatic heterocycles. The average Bonchev–Trinajstić information content (AvgIpc) is 3.20. The molecule has 0 spiro atoms. The predicted octanol–water partition coefficient (Wildman–Crippen LogP) is 4.23. The molecule has 2 atom stereocenters. The molecular formula is C22H29ClN4O2S. The Labute approximate surface area is 185 Å². The zero-order valence-electron chi connectivity index (χ0n) is 17.7. The molecule has 1 amide bonds. The maximum atomic E-state index is 13.2. The van der Waals surface area contributed by atoms with Crippen molar-refractivity contribution in [3.05, 3.63) is 46.9 Å². The fourth-order valence-corrected chi connectivity index (χ4v) is 5.09. The molecule has 1 heterocycles. The van der Waals surface area contributed by atoms with Crippen LogP contribution in [0.25, 0.3) is 0 Å². The molecule has 6 nitrogen and oxygen atoms in total. The molecule has 3 rings (SSSR count). The minimum Gasteiger partial charge on any atom is -0.309 e. The zero-order chi connectivity index (χ0) is 21.7. The molecule has 1 aromatic heterocycles. The van der Waals surface area contributed by atoms with Crippen LogP contribution in [-0.2, 0) is 22.1 Å². The second kappa shape index (κ2) is 10.5. The van der Waals surface area contributed by atoms with Crippen molar-refractivity contribution in [3.8, 4) is 0 Å². The highest BCUT2D eigenvalue weighted by atomic mass is 35.5. The Morgan fingerprint density at radius 2 is 2.00 bits per heavy atom. The number of benzene rings is 1. The number of carbonyl (C=O) groups excluding carboxylic acids is 1. The Morgan fingerprint density at radius 1 is 1.27 bits per heavy atom. The maximum absolute atomic E-state index is 13.2. The highest BCUT2D eigenvalue weighted by molar-refractivity contribution is 7.84. The molecule has 0 radical (unpaired) electrons. The number of halogens is 1. The van der Waals surface area contributed by atoms with Crippen LogP contribution in [0.3, 0.4) is 0 Å². The molecule has 30 heavy (non-hydrogen) atoms. The van der Waals surface area contributed by atoms with E-state index in [-0.39, 0.29) is 11.8 Å². The minimum atomic E-state index is -1.17. The fraction of sp³-hybridized carbons (Fsp3) is 0.500. The number of amides is 1. The lowest BCUT2D eigenvalue weighted by Gasteiger charge is -2.21. The van der Waals surface area contributed by atoms with Gasteiger partial charge in [0, 0.05) is 12.8 Å². The quantitative estimate of drug-likeness (QED) is 0.653. The van der Waals surface area contributed by atoms with E-state index in [0.29, 0.717) is 28.2 Å². The Kier molecular flexibility index (Phi) is 7.97. The van der Waals surface area contributed by atoms with Crippen molar-refractivity contribution in [2.75, 3.05) is 25.7 Å². The Hall–Kier alpha value is -1.83. The van der Waals surface area contributed by atoms with Gasteiger partial charge in [-0.2, -0.15) is 0 Å². The van der Waals surface area contributed by atoms with Crippen LogP contribution >= 0.6 is 11.6 Å². The smallest absolute Gasteiger partial charge is 0.233 e. The number of hydrogen-bond acceptors (Lipinski definition) is 5. The van der Waals surface area contributed by atoms with E-state index >= 15 is 0 Å². The number of aromatic nitrogens is 2. The Bertz CT molecular complexity index is 899. The van der Waals surface area contributed by atoms with Crippen molar-refractivity contribution in [2.24, 2.45) is 5.92 Å². The van der Waals surface area contributed by atoms with Gasteiger partial charge in [-0.25, -0.2) is 4.98 Å². The summed E-state index contributed by atoms with van der Waals surface area (Å²) in [7, 11) is 2.77. The van der Waals surface area contributed by atoms with Gasteiger partial charge in [-0.05, 0) is 44.1 Å². The van der Waals surface area contributed by atoms with E-state index in [1.165, 1.54) is 12.8 Å². The van der Waals surface area contributed by atoms with Crippen LogP contribution in [0.4, 0.5) is 5.82 Å². The first-order valence-electron chi connectivity index (χ1n) is 10.2. The van der Waals surface area contributed by atoms with Crippen LogP contribution in [0.5, 0.6) is 0 Å². The van der Waals surface area contributed by atoms with Crippen molar-refractivity contribution in [3.63, 3.8) is 0 Å². The van der Waals surface area contributed by atoms with Gasteiger partial charge < -0.3 is 10.2 Å². The van der Waals surface area contributed by atoms with Crippen LogP contribution in [0.1, 0.15) is 49.3 Å². The molecule has 1 aliphatic rings. The third-order valence-corrected chi connectivity index (χ3v) is 6.86. The molecule has 1 aromatic carbocycles. The highest BCUT2D eigenvalue weighted by Crippen LogP contribution is 2.36. The van der Waals surface area contributed by atoms with Gasteiger partial charge in [0.15, 0.2) is 5.82 Å². The van der Waals surface area contributed by atoms with Crippen LogP contribution < -0.4 is 5.32 Å². The van der Waals surface area contributed by atoms with Crippen LogP contribution in [-0.4, -0.2) is 45.3 Å². The lowest BCUT2D eigenvalue weighted by molar-refractivity contribution is -0.118. The summed E-state index contributed by atoms with van der Waals surface area (Å²) >= 11 is 6.36. The van der Waals surface area contributed by atoms with Crippen LogP contribution in [0.2, 0.25) is 5.02 Å². The molecule has 1 saturated carbocycles. The van der Waals surface area contributed by atoms with Gasteiger partial charge in [-0.3, -0.25) is 14.0 Å². The lowest BCUT2D eigenvalue weighted by atomic mass is 9.87. The summed E-state index contributed by atoms with van der Waals surface area (Å²) in [5, 5.41) is 3.36. The zero-order valence-corrected chi connectivity index (χ0v) is 19.3. The van der Waals surface area contributed by atoms with E-state index in [1.807, 2.05) is 25.1 Å². The van der Waals surface area contributed by atoms with Crippen molar-refractivity contribution in [2.45, 2.75) is 49.5 Å². The van der Waals surface area contributed by atoms with E-state index in [2.05, 4.69) is 15.3 Å². The first-order chi connectivity index (χ1) is 14.3. The summed E-state index contributed by atoms with van der Waals surface area (Å²) in [5.41, 5.74) is 1.69. The first kappa shape index (κ1) is 22.8. The van der Waals surface area contributed by atoms with E-state index in [4.69, 9.17) is 11.6 Å². The van der Waals surface area contributed by atoms with Gasteiger partial charge >= 0.3 is 0 Å². The third-order valence-electron chi connectivity index (χ3n) is 5.46. The SMILES string of the molecule is CN(C)Cc1cnc(NC(=O)C(CC2CCCC2)c2ccc(S(C)=O)c(Cl)c2)cn1. The van der Waals surface area contributed by atoms with E-state index in [0.717, 1.165) is 30.5 Å². The van der Waals surface area contributed by atoms with Crippen molar-refractivity contribution in [1.82, 2.24) is 14.9 Å². The van der Waals surface area contributed by atoms with Gasteiger partial charge in [-0.15, -0.1) is 0 Å². The van der Waals surface area contributed by atoms with Gasteiger partial charge in [0.05, 0.1) is 44.7 Å². The highest BCUT2D eigenvalue weighted by Gasteiger charge is 2.27. The molecule has 2 unspecified atom stereocenters. The minimum absolute atomic E-state index is 0.113. The summed E-state index contributed by atoms with van der Waals surface area (Å²) in [6, 6.07) is 5.41. The van der Waals surface area contributed by atoms with E-state index in [1.54, 1.807) is 30.8 Å². The molecule has 162 valence electrons. The first-order valence-corrected chi connectivity index (χ1v) is 12.2. The monoisotopic (exact) mass is 448 g/mol. The summed E-state index contributed by atoms with van der Waals surface area (Å²) in [4.78, 5) is 24.5. The predicted molar refractivity (Wildman–Crippen MR) is 121 cm³/mol. The standard InChI is InChI=1S/C22H29ClN4O2S/c1-27(2)14-17-12-25-21(13-24-17)26-22(28)18(10-15-6-4-5-7-15)16-8-9-20(30(3)29)19(23)11-16/h8-9,11-13,15,18H,4-7,10,14H2,1-3H3,(H,25,26,28).